The number of aliphatic hydroxyl groups is 4. The third-order valence-electron chi connectivity index (χ3n) is 33.0. The minimum Gasteiger partial charge on any atom is -0.504 e. The first kappa shape index (κ1) is 86.7. The molecule has 8 aliphatic carbocycles. The smallest absolute Gasteiger partial charge is 0.165 e. The molecule has 4 saturated heterocycles. The number of phenols is 4. The van der Waals surface area contributed by atoms with Gasteiger partial charge in [-0.25, -0.2) is 0 Å². The summed E-state index contributed by atoms with van der Waals surface area (Å²) in [6.07, 6.45) is 13.2. The SMILES string of the molecule is C=CCN1CC[C@]23c4c5ccc(O)c4OC2C(OCCOCCOCC(COCCOCCOC2CC[C@@]4(O)C6Cc7ccc(O)c8c7[C@@]4(CCN6CCC)C2O8)(COCCOCCOC2CC[C@@]4(O)C6Cc7ccc(O)c8c7[C@@]4(CCN6CC=C)[C@H]2O8)COCCOCCOC2CC[C@@]4(O)C6Cc7ccc(O)c8c7[C@@]4(CCN6CC=C)[C@H]2O8)CC[C@@]3(O)C1C5.[3HH]. The minimum absolute atomic E-state index is 0. The summed E-state index contributed by atoms with van der Waals surface area (Å²) in [6, 6.07) is 14.4. The number of aromatic hydroxyl groups is 4. The summed E-state index contributed by atoms with van der Waals surface area (Å²) in [4.78, 5) is 9.48. The molecule has 0 amide bonds. The number of hydrogen-bond donors (Lipinski definition) is 8. The van der Waals surface area contributed by atoms with E-state index in [0.717, 1.165) is 83.7 Å². The highest BCUT2D eigenvalue weighted by atomic mass is 16.6. The molecule has 28 nitrogen and oxygen atoms in total. The van der Waals surface area contributed by atoms with Crippen LogP contribution in [0.3, 0.4) is 0 Å². The summed E-state index contributed by atoms with van der Waals surface area (Å²) in [5.74, 6) is 2.21. The fourth-order valence-electron chi connectivity index (χ4n) is 28.0. The molecule has 16 aliphatic rings. The molecule has 20 atom stereocenters. The summed E-state index contributed by atoms with van der Waals surface area (Å²) in [5, 5.41) is 96.8. The highest BCUT2D eigenvalue weighted by Gasteiger charge is 2.78. The maximum Gasteiger partial charge on any atom is 0.165 e. The van der Waals surface area contributed by atoms with Gasteiger partial charge in [-0.15, -0.1) is 19.7 Å². The molecule has 0 aromatic heterocycles. The summed E-state index contributed by atoms with van der Waals surface area (Å²) in [5.41, 5.74) is 0.113. The predicted octanol–water partition coefficient (Wildman–Crippen LogP) is 7.10. The van der Waals surface area contributed by atoms with Crippen molar-refractivity contribution < 1.29 is 118 Å². The summed E-state index contributed by atoms with van der Waals surface area (Å²) in [7, 11) is 0. The normalized spacial score (nSPS) is 36.3. The number of piperidine rings is 4. The van der Waals surface area contributed by atoms with Crippen LogP contribution in [0.5, 0.6) is 46.0 Å². The topological polar surface area (TPSA) is 322 Å². The lowest BCUT2D eigenvalue weighted by Crippen LogP contribution is -2.77. The molecular formula is C97H132N4O24. The lowest BCUT2D eigenvalue weighted by molar-refractivity contribution is -0.216. The van der Waals surface area contributed by atoms with Gasteiger partial charge < -0.3 is 117 Å². The summed E-state index contributed by atoms with van der Waals surface area (Å²) >= 11 is 0. The number of rotatable bonds is 44. The van der Waals surface area contributed by atoms with Gasteiger partial charge >= 0.3 is 0 Å². The van der Waals surface area contributed by atoms with Crippen LogP contribution < -0.4 is 18.9 Å². The van der Waals surface area contributed by atoms with Crippen LogP contribution in [0.15, 0.2) is 86.5 Å². The van der Waals surface area contributed by atoms with Crippen molar-refractivity contribution in [2.24, 2.45) is 5.41 Å². The lowest BCUT2D eigenvalue weighted by Gasteiger charge is -2.64. The monoisotopic (exact) mass is 1740 g/mol. The zero-order valence-corrected chi connectivity index (χ0v) is 72.6. The van der Waals surface area contributed by atoms with Crippen molar-refractivity contribution in [1.82, 2.24) is 19.6 Å². The molecule has 20 rings (SSSR count). The standard InChI is InChI=1S/C97H130N4O24.H2/c1-5-29-98-33-25-90-77-61-9-13-65(102)81(77)122-85(90)69(17-21-94(90,106)73(98)53-61)118-49-45-110-37-41-114-57-89(58-115-42-38-111-46-50-119-70-18-22-95(107)74-54-62-10-14-66(103)82-78(62)91(95,86(70)123-82)26-34-99(74)30-6-2,59-116-43-39-112-47-51-120-71-19-23-96(108)75-55-63-11-15-67(104)83-79(63)92(96,87(71)124-83)27-35-100(75)31-7-3)60-117-44-40-113-48-52-121-72-20-24-97(109)76-56-64-12-16-68(105)84-80(64)93(97,88(72)125-84)28-36-101(76)32-8-4;/h5-7,9-16,69-76,85-88,102-109H,1-3,8,17-60H2,4H3;1H/t69?,70?,71?,72?,73?,74?,75?,76?,85-,86-,87?,88?,89?,90-,91-,92-,93-,94+,95+,96+,97+;/m0./s1/i;1+2. The number of nitrogens with zero attached hydrogens (tertiary/aromatic N) is 4. The Labute approximate surface area is 734 Å². The van der Waals surface area contributed by atoms with Crippen molar-refractivity contribution in [1.29, 1.82) is 0 Å². The first-order valence-corrected chi connectivity index (χ1v) is 46.7. The van der Waals surface area contributed by atoms with Crippen LogP contribution >= 0.6 is 0 Å². The second-order valence-corrected chi connectivity index (χ2v) is 38.7. The van der Waals surface area contributed by atoms with Crippen molar-refractivity contribution >= 4 is 0 Å². The number of hydrogen-bond acceptors (Lipinski definition) is 28. The zero-order chi connectivity index (χ0) is 85.9. The Hall–Kier alpha value is -6.30. The summed E-state index contributed by atoms with van der Waals surface area (Å²) in [6.45, 7) is 24.9. The molecule has 8 N–H and O–H groups in total. The van der Waals surface area contributed by atoms with Gasteiger partial charge in [0.05, 0.1) is 206 Å². The minimum atomic E-state index is -1.08. The molecule has 684 valence electrons. The van der Waals surface area contributed by atoms with Gasteiger partial charge in [0.25, 0.3) is 0 Å². The van der Waals surface area contributed by atoms with Gasteiger partial charge in [-0.1, -0.05) is 49.4 Å². The van der Waals surface area contributed by atoms with E-state index >= 15 is 0 Å². The molecule has 0 radical (unpaired) electrons. The van der Waals surface area contributed by atoms with E-state index in [1.807, 2.05) is 42.5 Å². The lowest BCUT2D eigenvalue weighted by atomic mass is 9.48. The Kier molecular flexibility index (Phi) is 23.9. The molecular weight excluding hydrogens is 1610 g/mol. The fourth-order valence-corrected chi connectivity index (χ4v) is 28.0. The van der Waals surface area contributed by atoms with Crippen LogP contribution in [0.1, 0.15) is 136 Å². The maximum atomic E-state index is 13.0. The molecule has 8 fully saturated rings. The van der Waals surface area contributed by atoms with E-state index in [1.165, 1.54) is 0 Å². The predicted molar refractivity (Wildman–Crippen MR) is 459 cm³/mol. The van der Waals surface area contributed by atoms with Crippen LogP contribution in [-0.4, -0.2) is 340 Å². The van der Waals surface area contributed by atoms with E-state index in [9.17, 15) is 40.9 Å². The van der Waals surface area contributed by atoms with Gasteiger partial charge in [0.2, 0.25) is 0 Å². The van der Waals surface area contributed by atoms with Crippen molar-refractivity contribution in [2.45, 2.75) is 233 Å². The van der Waals surface area contributed by atoms with Crippen molar-refractivity contribution in [2.75, 3.05) is 184 Å². The van der Waals surface area contributed by atoms with Crippen molar-refractivity contribution in [3.05, 3.63) is 131 Å². The van der Waals surface area contributed by atoms with E-state index < -0.39 is 73.9 Å². The first-order valence-electron chi connectivity index (χ1n) is 46.7. The summed E-state index contributed by atoms with van der Waals surface area (Å²) < 4.78 is 105. The molecule has 10 unspecified atom stereocenters. The zero-order valence-electron chi connectivity index (χ0n) is 72.6. The average molecular weight is 1740 g/mol. The number of phenolic OH excluding ortho intramolecular Hbond substituents is 4. The van der Waals surface area contributed by atoms with Gasteiger partial charge in [-0.3, -0.25) is 19.6 Å². The Morgan fingerprint density at radius 2 is 0.592 bits per heavy atom. The Bertz CT molecular complexity index is 4300. The average Bonchev–Trinajstić information content (AvgIpc) is 1.48. The van der Waals surface area contributed by atoms with Crippen LogP contribution in [-0.2, 0) is 104 Å². The molecule has 8 heterocycles. The molecule has 8 aliphatic heterocycles. The Balaban J connectivity index is 0.0000104. The number of likely N-dealkylation sites (tertiary alicyclic amines) is 4. The second-order valence-electron chi connectivity index (χ2n) is 38.7. The largest absolute Gasteiger partial charge is 0.504 e. The Morgan fingerprint density at radius 3 is 0.848 bits per heavy atom. The van der Waals surface area contributed by atoms with Gasteiger partial charge in [-0.05, 0) is 188 Å². The van der Waals surface area contributed by atoms with Gasteiger partial charge in [-0.2, -0.15) is 0 Å². The molecule has 4 aromatic rings. The first-order chi connectivity index (χ1) is 60.8. The van der Waals surface area contributed by atoms with Crippen molar-refractivity contribution in [3.63, 3.8) is 0 Å². The third kappa shape index (κ3) is 13.5. The van der Waals surface area contributed by atoms with Crippen LogP contribution in [0.2, 0.25) is 0 Å². The molecule has 4 saturated carbocycles. The van der Waals surface area contributed by atoms with Gasteiger partial charge in [0, 0.05) is 67.5 Å². The number of benzene rings is 4. The second kappa shape index (κ2) is 34.5. The quantitative estimate of drug-likeness (QED) is 0.0162. The third-order valence-corrected chi connectivity index (χ3v) is 33.0. The molecule has 8 bridgehead atoms. The fraction of sp³-hybridized carbons (Fsp3) is 0.691. The van der Waals surface area contributed by atoms with Crippen LogP contribution in [0.4, 0.5) is 0 Å². The highest BCUT2D eigenvalue weighted by Crippen LogP contribution is 2.71. The Morgan fingerprint density at radius 1 is 0.352 bits per heavy atom. The van der Waals surface area contributed by atoms with E-state index in [1.54, 1.807) is 24.3 Å². The van der Waals surface area contributed by atoms with Crippen molar-refractivity contribution in [3.8, 4) is 46.0 Å². The number of ether oxygens (including phenoxy) is 16. The van der Waals surface area contributed by atoms with E-state index in [2.05, 4.69) is 46.3 Å². The molecule has 28 heteroatoms. The van der Waals surface area contributed by atoms with E-state index in [0.29, 0.717) is 145 Å². The van der Waals surface area contributed by atoms with E-state index in [4.69, 9.17) is 75.8 Å². The van der Waals surface area contributed by atoms with Gasteiger partial charge in [0.1, 0.15) is 24.4 Å². The highest BCUT2D eigenvalue weighted by molar-refractivity contribution is 5.67. The van der Waals surface area contributed by atoms with Crippen LogP contribution in [0, 0.1) is 5.41 Å². The van der Waals surface area contributed by atoms with E-state index in [-0.39, 0.29) is 205 Å². The molecule has 4 spiro atoms. The van der Waals surface area contributed by atoms with Crippen LogP contribution in [0.25, 0.3) is 0 Å². The van der Waals surface area contributed by atoms with Gasteiger partial charge in [0.15, 0.2) is 46.0 Å². The molecule has 4 aromatic carbocycles. The maximum absolute atomic E-state index is 13.0. The molecule has 125 heavy (non-hydrogen) atoms.